The molecule has 0 fully saturated rings. The van der Waals surface area contributed by atoms with Gasteiger partial charge >= 0.3 is 0 Å². The van der Waals surface area contributed by atoms with Crippen LogP contribution in [-0.4, -0.2) is 4.98 Å². The number of oxazole rings is 1. The minimum atomic E-state index is 0.621. The summed E-state index contributed by atoms with van der Waals surface area (Å²) >= 11 is 12.1. The molecular formula is C16H12Cl2N2O. The maximum absolute atomic E-state index is 6.16. The number of halogens is 2. The molecule has 5 heteroatoms. The third kappa shape index (κ3) is 3.38. The molecule has 0 saturated heterocycles. The number of anilines is 1. The Morgan fingerprint density at radius 3 is 2.76 bits per heavy atom. The van der Waals surface area contributed by atoms with Crippen molar-refractivity contribution in [2.75, 3.05) is 5.32 Å². The third-order valence-corrected chi connectivity index (χ3v) is 3.66. The predicted octanol–water partition coefficient (Wildman–Crippen LogP) is 5.26. The molecule has 1 aromatic heterocycles. The summed E-state index contributed by atoms with van der Waals surface area (Å²) in [6.07, 6.45) is 3.11. The number of aromatic nitrogens is 1. The Kier molecular flexibility index (Phi) is 4.13. The highest BCUT2D eigenvalue weighted by molar-refractivity contribution is 6.35. The van der Waals surface area contributed by atoms with Crippen molar-refractivity contribution < 1.29 is 4.42 Å². The molecule has 0 bridgehead atoms. The fourth-order valence-corrected chi connectivity index (χ4v) is 2.48. The first-order valence-corrected chi connectivity index (χ1v) is 7.15. The number of rotatable bonds is 4. The van der Waals surface area contributed by atoms with Gasteiger partial charge < -0.3 is 9.73 Å². The second-order valence-electron chi connectivity index (χ2n) is 4.54. The van der Waals surface area contributed by atoms with E-state index in [4.69, 9.17) is 27.6 Å². The largest absolute Gasteiger partial charge is 0.444 e. The van der Waals surface area contributed by atoms with Crippen molar-refractivity contribution >= 4 is 28.9 Å². The minimum Gasteiger partial charge on any atom is -0.444 e. The van der Waals surface area contributed by atoms with Gasteiger partial charge in [-0.15, -0.1) is 0 Å². The second kappa shape index (κ2) is 6.20. The number of nitrogens with one attached hydrogen (secondary N) is 1. The number of hydrogen-bond donors (Lipinski definition) is 1. The van der Waals surface area contributed by atoms with Crippen LogP contribution < -0.4 is 5.32 Å². The molecule has 21 heavy (non-hydrogen) atoms. The molecule has 0 radical (unpaired) electrons. The summed E-state index contributed by atoms with van der Waals surface area (Å²) in [5.74, 6) is 0.739. The molecule has 0 aliphatic rings. The zero-order valence-corrected chi connectivity index (χ0v) is 12.5. The maximum Gasteiger partial charge on any atom is 0.181 e. The summed E-state index contributed by atoms with van der Waals surface area (Å²) in [7, 11) is 0. The first-order valence-electron chi connectivity index (χ1n) is 6.39. The quantitative estimate of drug-likeness (QED) is 0.713. The van der Waals surface area contributed by atoms with E-state index in [-0.39, 0.29) is 0 Å². The van der Waals surface area contributed by atoms with E-state index in [0.717, 1.165) is 22.6 Å². The van der Waals surface area contributed by atoms with Crippen molar-refractivity contribution in [2.24, 2.45) is 0 Å². The van der Waals surface area contributed by atoms with Gasteiger partial charge in [-0.3, -0.25) is 0 Å². The standard InChI is InChI=1S/C16H12Cl2N2O/c17-13-5-4-12(15(18)7-13)8-20-14-3-1-2-11(6-14)16-9-19-10-21-16/h1-7,9-10,20H,8H2. The van der Waals surface area contributed by atoms with Crippen LogP contribution in [0.25, 0.3) is 11.3 Å². The van der Waals surface area contributed by atoms with Gasteiger partial charge in [0, 0.05) is 27.8 Å². The van der Waals surface area contributed by atoms with Crippen molar-refractivity contribution in [2.45, 2.75) is 6.54 Å². The summed E-state index contributed by atoms with van der Waals surface area (Å²) in [6.45, 7) is 0.621. The molecule has 0 amide bonds. The smallest absolute Gasteiger partial charge is 0.181 e. The Labute approximate surface area is 132 Å². The van der Waals surface area contributed by atoms with Gasteiger partial charge in [0.05, 0.1) is 6.20 Å². The lowest BCUT2D eigenvalue weighted by Crippen LogP contribution is -2.00. The Morgan fingerprint density at radius 1 is 1.10 bits per heavy atom. The summed E-state index contributed by atoms with van der Waals surface area (Å²) < 4.78 is 5.29. The molecule has 1 heterocycles. The van der Waals surface area contributed by atoms with Gasteiger partial charge in [-0.05, 0) is 29.8 Å². The number of benzene rings is 2. The Balaban J connectivity index is 1.75. The first-order chi connectivity index (χ1) is 10.2. The molecule has 1 N–H and O–H groups in total. The van der Waals surface area contributed by atoms with Crippen LogP contribution in [0.2, 0.25) is 10.0 Å². The highest BCUT2D eigenvalue weighted by Crippen LogP contribution is 2.24. The van der Waals surface area contributed by atoms with Crippen molar-refractivity contribution in [3.05, 3.63) is 70.7 Å². The van der Waals surface area contributed by atoms with Crippen LogP contribution in [0.1, 0.15) is 5.56 Å². The average Bonchev–Trinajstić information content (AvgIpc) is 3.01. The van der Waals surface area contributed by atoms with E-state index < -0.39 is 0 Å². The van der Waals surface area contributed by atoms with Crippen LogP contribution >= 0.6 is 23.2 Å². The van der Waals surface area contributed by atoms with E-state index in [9.17, 15) is 0 Å². The molecule has 2 aromatic carbocycles. The third-order valence-electron chi connectivity index (χ3n) is 3.08. The second-order valence-corrected chi connectivity index (χ2v) is 5.38. The van der Waals surface area contributed by atoms with Crippen LogP contribution in [0.5, 0.6) is 0 Å². The van der Waals surface area contributed by atoms with Gasteiger partial charge in [-0.2, -0.15) is 0 Å². The molecule has 3 aromatic rings. The van der Waals surface area contributed by atoms with Gasteiger partial charge in [-0.1, -0.05) is 41.4 Å². The van der Waals surface area contributed by atoms with Gasteiger partial charge in [0.1, 0.15) is 0 Å². The van der Waals surface area contributed by atoms with E-state index in [1.54, 1.807) is 12.3 Å². The van der Waals surface area contributed by atoms with Crippen LogP contribution in [0, 0.1) is 0 Å². The SMILES string of the molecule is Clc1ccc(CNc2cccc(-c3cnco3)c2)c(Cl)c1. The van der Waals surface area contributed by atoms with Crippen LogP contribution in [0.4, 0.5) is 5.69 Å². The molecule has 3 nitrogen and oxygen atoms in total. The molecular weight excluding hydrogens is 307 g/mol. The summed E-state index contributed by atoms with van der Waals surface area (Å²) in [5.41, 5.74) is 2.95. The highest BCUT2D eigenvalue weighted by Gasteiger charge is 2.04. The van der Waals surface area contributed by atoms with Crippen molar-refractivity contribution in [1.29, 1.82) is 0 Å². The molecule has 0 atom stereocenters. The van der Waals surface area contributed by atoms with E-state index in [1.165, 1.54) is 6.39 Å². The van der Waals surface area contributed by atoms with E-state index in [0.29, 0.717) is 16.6 Å². The number of hydrogen-bond acceptors (Lipinski definition) is 3. The zero-order valence-electron chi connectivity index (χ0n) is 11.0. The van der Waals surface area contributed by atoms with E-state index in [1.807, 2.05) is 36.4 Å². The predicted molar refractivity (Wildman–Crippen MR) is 85.7 cm³/mol. The van der Waals surface area contributed by atoms with Gasteiger partial charge in [0.2, 0.25) is 0 Å². The number of nitrogens with zero attached hydrogens (tertiary/aromatic N) is 1. The lowest BCUT2D eigenvalue weighted by molar-refractivity contribution is 0.572. The van der Waals surface area contributed by atoms with Crippen molar-refractivity contribution in [3.63, 3.8) is 0 Å². The topological polar surface area (TPSA) is 38.1 Å². The van der Waals surface area contributed by atoms with E-state index in [2.05, 4.69) is 10.3 Å². The van der Waals surface area contributed by atoms with Crippen LogP contribution in [0.15, 0.2) is 59.5 Å². The van der Waals surface area contributed by atoms with Gasteiger partial charge in [0.15, 0.2) is 12.2 Å². The fraction of sp³-hybridized carbons (Fsp3) is 0.0625. The Bertz CT molecular complexity index is 742. The van der Waals surface area contributed by atoms with Crippen molar-refractivity contribution in [1.82, 2.24) is 4.98 Å². The first kappa shape index (κ1) is 14.0. The van der Waals surface area contributed by atoms with Crippen LogP contribution in [-0.2, 0) is 6.54 Å². The lowest BCUT2D eigenvalue weighted by atomic mass is 10.1. The average molecular weight is 319 g/mol. The zero-order chi connectivity index (χ0) is 14.7. The fourth-order valence-electron chi connectivity index (χ4n) is 2.00. The summed E-state index contributed by atoms with van der Waals surface area (Å²) in [5, 5.41) is 4.62. The molecule has 3 rings (SSSR count). The molecule has 0 spiro atoms. The van der Waals surface area contributed by atoms with Gasteiger partial charge in [0.25, 0.3) is 0 Å². The Hall–Kier alpha value is -1.97. The van der Waals surface area contributed by atoms with Crippen LogP contribution in [0.3, 0.4) is 0 Å². The maximum atomic E-state index is 6.16. The van der Waals surface area contributed by atoms with Gasteiger partial charge in [-0.25, -0.2) is 4.98 Å². The lowest BCUT2D eigenvalue weighted by Gasteiger charge is -2.09. The normalized spacial score (nSPS) is 10.6. The highest BCUT2D eigenvalue weighted by atomic mass is 35.5. The molecule has 106 valence electrons. The minimum absolute atomic E-state index is 0.621. The van der Waals surface area contributed by atoms with E-state index >= 15 is 0 Å². The summed E-state index contributed by atoms with van der Waals surface area (Å²) in [6, 6.07) is 13.4. The monoisotopic (exact) mass is 318 g/mol. The molecule has 0 saturated carbocycles. The molecule has 0 unspecified atom stereocenters. The van der Waals surface area contributed by atoms with Crippen molar-refractivity contribution in [3.8, 4) is 11.3 Å². The molecule has 0 aliphatic heterocycles. The summed E-state index contributed by atoms with van der Waals surface area (Å²) in [4.78, 5) is 3.92. The molecule has 0 aliphatic carbocycles. The Morgan fingerprint density at radius 2 is 2.00 bits per heavy atom.